The van der Waals surface area contributed by atoms with Gasteiger partial charge in [0.15, 0.2) is 0 Å². The lowest BCUT2D eigenvalue weighted by Crippen LogP contribution is -2.50. The van der Waals surface area contributed by atoms with Crippen molar-refractivity contribution >= 4 is 34.7 Å². The molecule has 1 aromatic heterocycles. The van der Waals surface area contributed by atoms with Crippen molar-refractivity contribution in [1.82, 2.24) is 14.8 Å². The van der Waals surface area contributed by atoms with Gasteiger partial charge in [0.25, 0.3) is 0 Å². The second-order valence-electron chi connectivity index (χ2n) is 16.0. The molecular formula is C38H48N4O7. The van der Waals surface area contributed by atoms with Crippen LogP contribution in [0.15, 0.2) is 60.4 Å². The van der Waals surface area contributed by atoms with Crippen LogP contribution in [-0.2, 0) is 35.6 Å². The van der Waals surface area contributed by atoms with Crippen LogP contribution in [0.1, 0.15) is 85.9 Å². The molecule has 11 nitrogen and oxygen atoms in total. The van der Waals surface area contributed by atoms with Crippen LogP contribution >= 0.6 is 0 Å². The molecule has 3 aliphatic heterocycles. The Labute approximate surface area is 287 Å². The lowest BCUT2D eigenvalue weighted by Gasteiger charge is -2.35. The van der Waals surface area contributed by atoms with Crippen LogP contribution in [0.25, 0.3) is 10.9 Å². The highest BCUT2D eigenvalue weighted by molar-refractivity contribution is 6.12. The zero-order valence-electron chi connectivity index (χ0n) is 30.1. The number of amides is 3. The van der Waals surface area contributed by atoms with Crippen LogP contribution in [0.4, 0.5) is 15.3 Å². The minimum atomic E-state index is -1.32. The first-order valence-corrected chi connectivity index (χ1v) is 16.8. The van der Waals surface area contributed by atoms with Crippen molar-refractivity contribution in [3.63, 3.8) is 0 Å². The highest BCUT2D eigenvalue weighted by Crippen LogP contribution is 2.48. The van der Waals surface area contributed by atoms with E-state index in [1.807, 2.05) is 110 Å². The molecule has 3 aromatic rings. The average Bonchev–Trinajstić information content (AvgIpc) is 3.68. The van der Waals surface area contributed by atoms with Crippen LogP contribution < -0.4 is 5.32 Å². The molecule has 6 rings (SSSR count). The summed E-state index contributed by atoms with van der Waals surface area (Å²) in [6, 6.07) is 13.2. The number of anilines is 1. The minimum Gasteiger partial charge on any atom is -0.444 e. The number of aromatic nitrogens is 1. The Balaban J connectivity index is 1.47. The molecule has 2 atom stereocenters. The molecule has 0 aliphatic carbocycles. The van der Waals surface area contributed by atoms with Crippen molar-refractivity contribution in [3.8, 4) is 0 Å². The third-order valence-corrected chi connectivity index (χ3v) is 9.16. The molecular weight excluding hydrogens is 624 g/mol. The SMILES string of the molecule is CC(C)(C)OC(=O)N1/C(=C/[C@@]2(c3cccc4c(C[C@H]5COC(C)(C)N5C(=O)OC(C)(C)C)c[nH]c34)C(=O)Nc3ccccc32)COC1(C)C. The van der Waals surface area contributed by atoms with E-state index in [9.17, 15) is 14.4 Å². The van der Waals surface area contributed by atoms with E-state index < -0.39 is 40.3 Å². The maximum atomic E-state index is 14.4. The summed E-state index contributed by atoms with van der Waals surface area (Å²) in [4.78, 5) is 48.1. The zero-order valence-corrected chi connectivity index (χ0v) is 30.1. The number of carbonyl (C=O) groups is 3. The topological polar surface area (TPSA) is 122 Å². The molecule has 4 heterocycles. The predicted molar refractivity (Wildman–Crippen MR) is 186 cm³/mol. The van der Waals surface area contributed by atoms with E-state index in [1.165, 1.54) is 4.90 Å². The molecule has 0 radical (unpaired) electrons. The number of aromatic amines is 1. The second-order valence-corrected chi connectivity index (χ2v) is 16.0. The van der Waals surface area contributed by atoms with Crippen molar-refractivity contribution in [1.29, 1.82) is 0 Å². The molecule has 2 N–H and O–H groups in total. The lowest BCUT2D eigenvalue weighted by atomic mass is 9.73. The Kier molecular flexibility index (Phi) is 8.19. The number of hydrogen-bond acceptors (Lipinski definition) is 7. The Hall–Kier alpha value is -4.35. The van der Waals surface area contributed by atoms with Gasteiger partial charge in [-0.3, -0.25) is 14.6 Å². The van der Waals surface area contributed by atoms with Crippen molar-refractivity contribution in [3.05, 3.63) is 77.1 Å². The number of para-hydroxylation sites is 2. The van der Waals surface area contributed by atoms with Crippen molar-refractivity contribution < 1.29 is 33.3 Å². The van der Waals surface area contributed by atoms with Gasteiger partial charge in [0, 0.05) is 22.8 Å². The zero-order chi connectivity index (χ0) is 35.7. The largest absolute Gasteiger partial charge is 0.444 e. The van der Waals surface area contributed by atoms with Crippen LogP contribution in [0.3, 0.4) is 0 Å². The van der Waals surface area contributed by atoms with Crippen molar-refractivity contribution in [2.24, 2.45) is 0 Å². The van der Waals surface area contributed by atoms with Crippen molar-refractivity contribution in [2.45, 2.75) is 110 Å². The average molecular weight is 673 g/mol. The molecule has 0 saturated carbocycles. The van der Waals surface area contributed by atoms with E-state index in [0.717, 1.165) is 22.0 Å². The summed E-state index contributed by atoms with van der Waals surface area (Å²) in [5, 5.41) is 4.00. The van der Waals surface area contributed by atoms with Gasteiger partial charge in [0.05, 0.1) is 30.5 Å². The number of hydrogen-bond donors (Lipinski definition) is 2. The van der Waals surface area contributed by atoms with Gasteiger partial charge in [0.1, 0.15) is 28.1 Å². The molecule has 0 unspecified atom stereocenters. The molecule has 2 fully saturated rings. The van der Waals surface area contributed by atoms with E-state index >= 15 is 0 Å². The number of benzene rings is 2. The minimum absolute atomic E-state index is 0.105. The number of ether oxygens (including phenoxy) is 4. The van der Waals surface area contributed by atoms with Gasteiger partial charge >= 0.3 is 12.2 Å². The third-order valence-electron chi connectivity index (χ3n) is 9.16. The maximum Gasteiger partial charge on any atom is 0.416 e. The fraction of sp³-hybridized carbons (Fsp3) is 0.500. The summed E-state index contributed by atoms with van der Waals surface area (Å²) < 4.78 is 23.8. The number of carbonyl (C=O) groups excluding carboxylic acids is 3. The number of rotatable bonds is 4. The smallest absolute Gasteiger partial charge is 0.416 e. The number of H-pyrrole nitrogens is 1. The lowest BCUT2D eigenvalue weighted by molar-refractivity contribution is -0.118. The number of fused-ring (bicyclic) bond motifs is 2. The molecule has 2 aromatic carbocycles. The first-order chi connectivity index (χ1) is 22.7. The van der Waals surface area contributed by atoms with Gasteiger partial charge in [0.2, 0.25) is 5.91 Å². The Bertz CT molecular complexity index is 1840. The van der Waals surface area contributed by atoms with Gasteiger partial charge in [-0.25, -0.2) is 9.59 Å². The standard InChI is InChI=1S/C38H48N4O7/c1-34(2,3)48-32(44)41-24(21-46-36(41,7)8)18-23-20-39-30-26(23)14-13-16-28(30)38(27-15-11-12-17-29(27)40-31(38)43)19-25-22-47-37(9,10)42(25)33(45)49-35(4,5)6/h11-17,19-20,24,39H,18,21-22H2,1-10H3,(H,40,43)/b25-19+/t24-,38+/m0/s1. The van der Waals surface area contributed by atoms with Gasteiger partial charge in [-0.15, -0.1) is 0 Å². The molecule has 49 heavy (non-hydrogen) atoms. The monoisotopic (exact) mass is 672 g/mol. The van der Waals surface area contributed by atoms with Crippen molar-refractivity contribution in [2.75, 3.05) is 18.5 Å². The van der Waals surface area contributed by atoms with E-state index in [-0.39, 0.29) is 18.6 Å². The fourth-order valence-electron chi connectivity index (χ4n) is 7.17. The van der Waals surface area contributed by atoms with E-state index in [4.69, 9.17) is 18.9 Å². The molecule has 3 aliphatic rings. The van der Waals surface area contributed by atoms with Crippen LogP contribution in [0.2, 0.25) is 0 Å². The third kappa shape index (κ3) is 6.18. The van der Waals surface area contributed by atoms with E-state index in [0.29, 0.717) is 30.0 Å². The predicted octanol–water partition coefficient (Wildman–Crippen LogP) is 7.21. The van der Waals surface area contributed by atoms with Crippen LogP contribution in [0.5, 0.6) is 0 Å². The summed E-state index contributed by atoms with van der Waals surface area (Å²) in [6.45, 7) is 18.8. The normalized spacial score (nSPS) is 24.0. The quantitative estimate of drug-likeness (QED) is 0.300. The fourth-order valence-corrected chi connectivity index (χ4v) is 7.17. The Morgan fingerprint density at radius 3 is 2.24 bits per heavy atom. The van der Waals surface area contributed by atoms with E-state index in [1.54, 1.807) is 18.7 Å². The highest BCUT2D eigenvalue weighted by atomic mass is 16.6. The van der Waals surface area contributed by atoms with Gasteiger partial charge in [-0.2, -0.15) is 0 Å². The summed E-state index contributed by atoms with van der Waals surface area (Å²) in [5.74, 6) is -0.249. The van der Waals surface area contributed by atoms with Gasteiger partial charge in [-0.1, -0.05) is 36.4 Å². The molecule has 11 heteroatoms. The first-order valence-electron chi connectivity index (χ1n) is 16.8. The first kappa shape index (κ1) is 34.5. The Morgan fingerprint density at radius 2 is 1.55 bits per heavy atom. The summed E-state index contributed by atoms with van der Waals surface area (Å²) >= 11 is 0. The molecule has 3 amide bonds. The number of nitrogens with one attached hydrogen (secondary N) is 2. The van der Waals surface area contributed by atoms with Crippen LogP contribution in [0, 0.1) is 0 Å². The van der Waals surface area contributed by atoms with Gasteiger partial charge in [-0.05, 0) is 98.9 Å². The second kappa shape index (κ2) is 11.6. The summed E-state index contributed by atoms with van der Waals surface area (Å²) in [7, 11) is 0. The van der Waals surface area contributed by atoms with Gasteiger partial charge < -0.3 is 29.2 Å². The maximum absolute atomic E-state index is 14.4. The van der Waals surface area contributed by atoms with E-state index in [2.05, 4.69) is 10.3 Å². The summed E-state index contributed by atoms with van der Waals surface area (Å²) in [6.07, 6.45) is 3.29. The molecule has 0 spiro atoms. The highest BCUT2D eigenvalue weighted by Gasteiger charge is 2.52. The number of nitrogens with zero attached hydrogens (tertiary/aromatic N) is 2. The molecule has 0 bridgehead atoms. The Morgan fingerprint density at radius 1 is 0.898 bits per heavy atom. The molecule has 262 valence electrons. The summed E-state index contributed by atoms with van der Waals surface area (Å²) in [5.41, 5.74) is -0.150. The van der Waals surface area contributed by atoms with Crippen LogP contribution in [-0.4, -0.2) is 74.8 Å². The molecule has 2 saturated heterocycles.